The Morgan fingerprint density at radius 1 is 1.32 bits per heavy atom. The Morgan fingerprint density at radius 2 is 2.11 bits per heavy atom. The highest BCUT2D eigenvalue weighted by Crippen LogP contribution is 2.16. The molecular weight excluding hydrogens is 247 g/mol. The number of hydrogen-bond donors (Lipinski definition) is 3. The van der Waals surface area contributed by atoms with Crippen molar-refractivity contribution >= 4 is 17.3 Å². The van der Waals surface area contributed by atoms with Gasteiger partial charge in [0.25, 0.3) is 5.91 Å². The normalized spacial score (nSPS) is 10.1. The van der Waals surface area contributed by atoms with Gasteiger partial charge in [0.05, 0.1) is 17.6 Å². The van der Waals surface area contributed by atoms with E-state index in [2.05, 4.69) is 15.7 Å². The molecule has 1 aromatic heterocycles. The average molecular weight is 260 g/mol. The Morgan fingerprint density at radius 3 is 2.68 bits per heavy atom. The van der Waals surface area contributed by atoms with Crippen LogP contribution in [0.2, 0.25) is 0 Å². The second-order valence-corrected chi connectivity index (χ2v) is 4.01. The van der Waals surface area contributed by atoms with E-state index in [1.807, 2.05) is 0 Å². The third-order valence-electron chi connectivity index (χ3n) is 2.54. The quantitative estimate of drug-likeness (QED) is 0.583. The van der Waals surface area contributed by atoms with Gasteiger partial charge in [-0.3, -0.25) is 10.6 Å². The molecule has 1 aromatic carbocycles. The van der Waals surface area contributed by atoms with Crippen molar-refractivity contribution in [2.45, 2.75) is 6.92 Å². The van der Waals surface area contributed by atoms with Crippen LogP contribution in [-0.4, -0.2) is 10.9 Å². The molecule has 0 fully saturated rings. The van der Waals surface area contributed by atoms with Crippen molar-refractivity contribution in [1.82, 2.24) is 4.98 Å². The third kappa shape index (κ3) is 3.05. The summed E-state index contributed by atoms with van der Waals surface area (Å²) in [4.78, 5) is 15.8. The number of benzene rings is 1. The Labute approximate surface area is 109 Å². The molecule has 0 saturated heterocycles. The number of nitrogens with one attached hydrogen (secondary N) is 2. The summed E-state index contributed by atoms with van der Waals surface area (Å²) >= 11 is 0. The van der Waals surface area contributed by atoms with E-state index < -0.39 is 11.7 Å². The summed E-state index contributed by atoms with van der Waals surface area (Å²) in [5.41, 5.74) is 4.07. The summed E-state index contributed by atoms with van der Waals surface area (Å²) in [5.74, 6) is 4.24. The van der Waals surface area contributed by atoms with Gasteiger partial charge in [-0.15, -0.1) is 0 Å². The van der Waals surface area contributed by atoms with Gasteiger partial charge >= 0.3 is 0 Å². The standard InChI is InChI=1S/C13H13FN4O/c1-8-2-4-11(10(14)6-8)17-13(19)12-5-3-9(18-15)7-16-12/h2-7,18H,15H2,1H3,(H,17,19). The molecule has 5 nitrogen and oxygen atoms in total. The second-order valence-electron chi connectivity index (χ2n) is 4.01. The van der Waals surface area contributed by atoms with Crippen LogP contribution in [0.4, 0.5) is 15.8 Å². The monoisotopic (exact) mass is 260 g/mol. The van der Waals surface area contributed by atoms with Gasteiger partial charge in [0.2, 0.25) is 0 Å². The van der Waals surface area contributed by atoms with Gasteiger partial charge in [0.1, 0.15) is 11.5 Å². The van der Waals surface area contributed by atoms with Crippen LogP contribution in [0.5, 0.6) is 0 Å². The van der Waals surface area contributed by atoms with Gasteiger partial charge < -0.3 is 10.7 Å². The number of anilines is 2. The molecule has 0 aliphatic heterocycles. The minimum atomic E-state index is -0.480. The minimum absolute atomic E-state index is 0.124. The second kappa shape index (κ2) is 5.45. The van der Waals surface area contributed by atoms with E-state index in [1.165, 1.54) is 24.4 Å². The van der Waals surface area contributed by atoms with Crippen LogP contribution in [0.15, 0.2) is 36.5 Å². The summed E-state index contributed by atoms with van der Waals surface area (Å²) in [6.07, 6.45) is 1.42. The molecule has 6 heteroatoms. The van der Waals surface area contributed by atoms with Crippen LogP contribution >= 0.6 is 0 Å². The lowest BCUT2D eigenvalue weighted by Crippen LogP contribution is -2.15. The summed E-state index contributed by atoms with van der Waals surface area (Å²) in [6, 6.07) is 7.68. The number of pyridine rings is 1. The van der Waals surface area contributed by atoms with Gasteiger partial charge in [-0.2, -0.15) is 0 Å². The molecule has 19 heavy (non-hydrogen) atoms. The largest absolute Gasteiger partial charge is 0.323 e. The van der Waals surface area contributed by atoms with Crippen molar-refractivity contribution in [1.29, 1.82) is 0 Å². The molecule has 0 aliphatic carbocycles. The first-order chi connectivity index (χ1) is 9.10. The maximum atomic E-state index is 13.6. The molecular formula is C13H13FN4O. The zero-order valence-electron chi connectivity index (χ0n) is 10.3. The number of rotatable bonds is 3. The molecule has 1 heterocycles. The summed E-state index contributed by atoms with van der Waals surface area (Å²) in [5, 5.41) is 2.46. The molecule has 0 saturated carbocycles. The van der Waals surface area contributed by atoms with Crippen molar-refractivity contribution in [3.05, 3.63) is 53.6 Å². The highest BCUT2D eigenvalue weighted by Gasteiger charge is 2.10. The number of aryl methyl sites for hydroxylation is 1. The third-order valence-corrected chi connectivity index (χ3v) is 2.54. The fraction of sp³-hybridized carbons (Fsp3) is 0.0769. The van der Waals surface area contributed by atoms with E-state index in [0.717, 1.165) is 5.56 Å². The van der Waals surface area contributed by atoms with Crippen LogP contribution in [-0.2, 0) is 0 Å². The Bertz CT molecular complexity index is 598. The van der Waals surface area contributed by atoms with Gasteiger partial charge in [0.15, 0.2) is 0 Å². The van der Waals surface area contributed by atoms with Crippen molar-refractivity contribution in [2.75, 3.05) is 10.7 Å². The molecule has 0 radical (unpaired) electrons. The average Bonchev–Trinajstić information content (AvgIpc) is 2.42. The van der Waals surface area contributed by atoms with Gasteiger partial charge in [-0.05, 0) is 36.8 Å². The highest BCUT2D eigenvalue weighted by molar-refractivity contribution is 6.03. The SMILES string of the molecule is Cc1ccc(NC(=O)c2ccc(NN)cn2)c(F)c1. The lowest BCUT2D eigenvalue weighted by Gasteiger charge is -2.07. The topological polar surface area (TPSA) is 80.0 Å². The van der Waals surface area contributed by atoms with Crippen LogP contribution in [0.25, 0.3) is 0 Å². The first-order valence-electron chi connectivity index (χ1n) is 5.60. The van der Waals surface area contributed by atoms with E-state index in [0.29, 0.717) is 5.69 Å². The lowest BCUT2D eigenvalue weighted by molar-refractivity contribution is 0.102. The fourth-order valence-corrected chi connectivity index (χ4v) is 1.52. The molecule has 1 amide bonds. The molecule has 2 rings (SSSR count). The molecule has 0 unspecified atom stereocenters. The predicted octanol–water partition coefficient (Wildman–Crippen LogP) is 2.07. The van der Waals surface area contributed by atoms with Crippen molar-refractivity contribution < 1.29 is 9.18 Å². The first kappa shape index (κ1) is 13.0. The maximum Gasteiger partial charge on any atom is 0.274 e. The molecule has 2 aromatic rings. The lowest BCUT2D eigenvalue weighted by atomic mass is 10.2. The van der Waals surface area contributed by atoms with Gasteiger partial charge in [0, 0.05) is 0 Å². The smallest absolute Gasteiger partial charge is 0.274 e. The molecule has 0 atom stereocenters. The fourth-order valence-electron chi connectivity index (χ4n) is 1.52. The molecule has 0 spiro atoms. The summed E-state index contributed by atoms with van der Waals surface area (Å²) in [7, 11) is 0. The number of carbonyl (C=O) groups is 1. The van der Waals surface area contributed by atoms with Gasteiger partial charge in [-0.25, -0.2) is 9.37 Å². The van der Waals surface area contributed by atoms with Gasteiger partial charge in [-0.1, -0.05) is 6.07 Å². The number of nitrogen functional groups attached to an aromatic ring is 1. The number of hydrogen-bond acceptors (Lipinski definition) is 4. The number of halogens is 1. The summed E-state index contributed by atoms with van der Waals surface area (Å²) < 4.78 is 13.6. The van der Waals surface area contributed by atoms with E-state index in [1.54, 1.807) is 19.1 Å². The number of aromatic nitrogens is 1. The van der Waals surface area contributed by atoms with Crippen molar-refractivity contribution in [3.63, 3.8) is 0 Å². The number of hydrazine groups is 1. The van der Waals surface area contributed by atoms with Crippen LogP contribution in [0, 0.1) is 12.7 Å². The number of nitrogens with zero attached hydrogens (tertiary/aromatic N) is 1. The number of nitrogens with two attached hydrogens (primary N) is 1. The van der Waals surface area contributed by atoms with E-state index in [-0.39, 0.29) is 11.4 Å². The number of amides is 1. The Balaban J connectivity index is 2.15. The molecule has 0 aliphatic rings. The first-order valence-corrected chi connectivity index (χ1v) is 5.60. The Hall–Kier alpha value is -2.47. The van der Waals surface area contributed by atoms with E-state index in [9.17, 15) is 9.18 Å². The van der Waals surface area contributed by atoms with E-state index >= 15 is 0 Å². The zero-order chi connectivity index (χ0) is 13.8. The highest BCUT2D eigenvalue weighted by atomic mass is 19.1. The van der Waals surface area contributed by atoms with Crippen LogP contribution < -0.4 is 16.6 Å². The molecule has 98 valence electrons. The van der Waals surface area contributed by atoms with E-state index in [4.69, 9.17) is 5.84 Å². The molecule has 0 bridgehead atoms. The summed E-state index contributed by atoms with van der Waals surface area (Å²) in [6.45, 7) is 1.77. The predicted molar refractivity (Wildman–Crippen MR) is 71.1 cm³/mol. The van der Waals surface area contributed by atoms with Crippen LogP contribution in [0.3, 0.4) is 0 Å². The van der Waals surface area contributed by atoms with Crippen LogP contribution in [0.1, 0.15) is 16.1 Å². The van der Waals surface area contributed by atoms with Crippen molar-refractivity contribution in [2.24, 2.45) is 5.84 Å². The Kier molecular flexibility index (Phi) is 3.72. The molecule has 4 N–H and O–H groups in total. The maximum absolute atomic E-state index is 13.6. The minimum Gasteiger partial charge on any atom is -0.323 e. The zero-order valence-corrected chi connectivity index (χ0v) is 10.3. The van der Waals surface area contributed by atoms with Crippen molar-refractivity contribution in [3.8, 4) is 0 Å². The number of carbonyl (C=O) groups excluding carboxylic acids is 1.